The van der Waals surface area contributed by atoms with Crippen LogP contribution in [0.5, 0.6) is 0 Å². The van der Waals surface area contributed by atoms with Crippen molar-refractivity contribution < 1.29 is 14.3 Å². The summed E-state index contributed by atoms with van der Waals surface area (Å²) in [6, 6.07) is 0. The van der Waals surface area contributed by atoms with Gasteiger partial charge in [-0.2, -0.15) is 0 Å². The number of hydrogen-bond donors (Lipinski definition) is 0. The summed E-state index contributed by atoms with van der Waals surface area (Å²) in [6.07, 6.45) is 2.49. The Balaban J connectivity index is 2.69. The van der Waals surface area contributed by atoms with Gasteiger partial charge in [-0.05, 0) is 52.5 Å². The van der Waals surface area contributed by atoms with E-state index in [1.807, 2.05) is 27.7 Å². The molecule has 21 heavy (non-hydrogen) atoms. The topological polar surface area (TPSA) is 38.8 Å². The normalized spacial score (nSPS) is 24.1. The number of amides is 1. The van der Waals surface area contributed by atoms with E-state index in [9.17, 15) is 4.79 Å². The number of piperidine rings is 1. The molecule has 0 bridgehead atoms. The number of rotatable bonds is 4. The zero-order valence-electron chi connectivity index (χ0n) is 13.9. The van der Waals surface area contributed by atoms with Gasteiger partial charge < -0.3 is 14.4 Å². The van der Waals surface area contributed by atoms with E-state index in [1.54, 1.807) is 4.90 Å². The highest BCUT2D eigenvalue weighted by Gasteiger charge is 2.38. The average molecular weight is 318 g/mol. The third kappa shape index (κ3) is 5.87. The molecule has 0 aromatic carbocycles. The van der Waals surface area contributed by atoms with Crippen LogP contribution < -0.4 is 0 Å². The van der Waals surface area contributed by atoms with Gasteiger partial charge in [0, 0.05) is 12.1 Å². The predicted molar refractivity (Wildman–Crippen MR) is 85.6 cm³/mol. The van der Waals surface area contributed by atoms with Crippen molar-refractivity contribution in [2.45, 2.75) is 65.1 Å². The molecule has 1 unspecified atom stereocenters. The molecule has 0 saturated carbocycles. The van der Waals surface area contributed by atoms with Crippen LogP contribution in [0.25, 0.3) is 0 Å². The fourth-order valence-corrected chi connectivity index (χ4v) is 2.45. The van der Waals surface area contributed by atoms with Gasteiger partial charge in [-0.3, -0.25) is 0 Å². The van der Waals surface area contributed by atoms with Crippen molar-refractivity contribution in [3.63, 3.8) is 0 Å². The van der Waals surface area contributed by atoms with Crippen LogP contribution in [0.4, 0.5) is 4.79 Å². The minimum atomic E-state index is -0.470. The molecule has 0 spiro atoms. The van der Waals surface area contributed by atoms with Crippen LogP contribution in [0.2, 0.25) is 0 Å². The van der Waals surface area contributed by atoms with E-state index in [4.69, 9.17) is 21.1 Å². The molecule has 0 radical (unpaired) electrons. The van der Waals surface area contributed by atoms with Crippen LogP contribution >= 0.6 is 11.6 Å². The van der Waals surface area contributed by atoms with Gasteiger partial charge in [0.2, 0.25) is 0 Å². The van der Waals surface area contributed by atoms with E-state index in [1.165, 1.54) is 5.54 Å². The number of carbonyl (C=O) groups is 1. The standard InChI is InChI=1S/C16H28ClNO3/c1-6-16(20-11-13(2)10-17)8-7-9-18(12-16)14(19)21-15(3,4)5/h10H,6-9,11-12H2,1-5H3. The van der Waals surface area contributed by atoms with Gasteiger partial charge in [-0.25, -0.2) is 4.79 Å². The predicted octanol–water partition coefficient (Wildman–Crippen LogP) is 4.33. The summed E-state index contributed by atoms with van der Waals surface area (Å²) in [5.74, 6) is 0. The smallest absolute Gasteiger partial charge is 0.410 e. The van der Waals surface area contributed by atoms with Crippen LogP contribution in [-0.2, 0) is 9.47 Å². The molecular formula is C16H28ClNO3. The highest BCUT2D eigenvalue weighted by atomic mass is 35.5. The molecular weight excluding hydrogens is 290 g/mol. The second-order valence-electron chi connectivity index (χ2n) is 6.79. The van der Waals surface area contributed by atoms with Crippen LogP contribution in [0, 0.1) is 0 Å². The number of carbonyl (C=O) groups excluding carboxylic acids is 1. The van der Waals surface area contributed by atoms with Crippen molar-refractivity contribution in [1.82, 2.24) is 4.90 Å². The molecule has 122 valence electrons. The van der Waals surface area contributed by atoms with Crippen LogP contribution in [0.3, 0.4) is 0 Å². The largest absolute Gasteiger partial charge is 0.444 e. The van der Waals surface area contributed by atoms with Crippen molar-refractivity contribution in [1.29, 1.82) is 0 Å². The van der Waals surface area contributed by atoms with Crippen LogP contribution in [0.15, 0.2) is 11.1 Å². The van der Waals surface area contributed by atoms with Gasteiger partial charge >= 0.3 is 6.09 Å². The lowest BCUT2D eigenvalue weighted by Gasteiger charge is -2.42. The number of hydrogen-bond acceptors (Lipinski definition) is 3. The van der Waals surface area contributed by atoms with Gasteiger partial charge in [-0.1, -0.05) is 18.5 Å². The first-order valence-electron chi connectivity index (χ1n) is 7.59. The first kappa shape index (κ1) is 18.3. The summed E-state index contributed by atoms with van der Waals surface area (Å²) < 4.78 is 11.5. The van der Waals surface area contributed by atoms with E-state index in [2.05, 4.69) is 6.92 Å². The van der Waals surface area contributed by atoms with Crippen molar-refractivity contribution in [2.24, 2.45) is 0 Å². The Kier molecular flexibility index (Phi) is 6.54. The summed E-state index contributed by atoms with van der Waals surface area (Å²) >= 11 is 5.68. The first-order valence-corrected chi connectivity index (χ1v) is 8.03. The molecule has 0 aliphatic carbocycles. The molecule has 0 N–H and O–H groups in total. The van der Waals surface area contributed by atoms with Crippen LogP contribution in [-0.4, -0.2) is 41.9 Å². The van der Waals surface area contributed by atoms with E-state index in [0.717, 1.165) is 31.4 Å². The molecule has 1 amide bonds. The highest BCUT2D eigenvalue weighted by Crippen LogP contribution is 2.30. The first-order chi connectivity index (χ1) is 9.71. The Labute approximate surface area is 133 Å². The second kappa shape index (κ2) is 7.50. The Hall–Kier alpha value is -0.740. The minimum Gasteiger partial charge on any atom is -0.444 e. The number of nitrogens with zero attached hydrogens (tertiary/aromatic N) is 1. The van der Waals surface area contributed by atoms with Crippen molar-refractivity contribution in [2.75, 3.05) is 19.7 Å². The molecule has 1 rings (SSSR count). The summed E-state index contributed by atoms with van der Waals surface area (Å²) in [5.41, 5.74) is 1.76. The van der Waals surface area contributed by atoms with Crippen LogP contribution in [0.1, 0.15) is 53.9 Å². The molecule has 1 fully saturated rings. The molecule has 4 nitrogen and oxygen atoms in total. The van der Waals surface area contributed by atoms with Crippen molar-refractivity contribution in [3.8, 4) is 0 Å². The third-order valence-electron chi connectivity index (χ3n) is 3.63. The molecule has 1 aliphatic heterocycles. The lowest BCUT2D eigenvalue weighted by Crippen LogP contribution is -2.52. The maximum absolute atomic E-state index is 12.2. The average Bonchev–Trinajstić information content (AvgIpc) is 2.43. The lowest BCUT2D eigenvalue weighted by atomic mass is 9.90. The van der Waals surface area contributed by atoms with E-state index < -0.39 is 5.60 Å². The number of halogens is 1. The van der Waals surface area contributed by atoms with Gasteiger partial charge in [0.15, 0.2) is 0 Å². The maximum atomic E-state index is 12.2. The number of likely N-dealkylation sites (tertiary alicyclic amines) is 1. The van der Waals surface area contributed by atoms with Crippen molar-refractivity contribution in [3.05, 3.63) is 11.1 Å². The Bertz CT molecular complexity index is 389. The number of ether oxygens (including phenoxy) is 2. The molecule has 0 aromatic rings. The Morgan fingerprint density at radius 2 is 2.10 bits per heavy atom. The van der Waals surface area contributed by atoms with E-state index in [0.29, 0.717) is 13.2 Å². The van der Waals surface area contributed by atoms with E-state index >= 15 is 0 Å². The summed E-state index contributed by atoms with van der Waals surface area (Å²) in [4.78, 5) is 14.0. The summed E-state index contributed by atoms with van der Waals surface area (Å²) in [6.45, 7) is 11.5. The van der Waals surface area contributed by atoms with Crippen molar-refractivity contribution >= 4 is 17.7 Å². The quantitative estimate of drug-likeness (QED) is 0.775. The Morgan fingerprint density at radius 3 is 2.62 bits per heavy atom. The van der Waals surface area contributed by atoms with Gasteiger partial charge in [-0.15, -0.1) is 0 Å². The van der Waals surface area contributed by atoms with Gasteiger partial charge in [0.25, 0.3) is 0 Å². The zero-order valence-corrected chi connectivity index (χ0v) is 14.6. The molecule has 1 atom stereocenters. The molecule has 1 saturated heterocycles. The van der Waals surface area contributed by atoms with Gasteiger partial charge in [0.05, 0.1) is 18.8 Å². The fraction of sp³-hybridized carbons (Fsp3) is 0.812. The lowest BCUT2D eigenvalue weighted by molar-refractivity contribution is -0.0856. The second-order valence-corrected chi connectivity index (χ2v) is 7.00. The fourth-order valence-electron chi connectivity index (χ4n) is 2.39. The monoisotopic (exact) mass is 317 g/mol. The summed E-state index contributed by atoms with van der Waals surface area (Å²) in [5, 5.41) is 0. The minimum absolute atomic E-state index is 0.256. The molecule has 0 aromatic heterocycles. The third-order valence-corrected chi connectivity index (χ3v) is 4.00. The SMILES string of the molecule is CCC1(OCC(C)=CCl)CCCN(C(=O)OC(C)(C)C)C1. The molecule has 1 aliphatic rings. The zero-order chi connectivity index (χ0) is 16.1. The maximum Gasteiger partial charge on any atom is 0.410 e. The Morgan fingerprint density at radius 1 is 1.43 bits per heavy atom. The molecule has 1 heterocycles. The summed E-state index contributed by atoms with van der Waals surface area (Å²) in [7, 11) is 0. The van der Waals surface area contributed by atoms with E-state index in [-0.39, 0.29) is 11.7 Å². The highest BCUT2D eigenvalue weighted by molar-refractivity contribution is 6.25. The van der Waals surface area contributed by atoms with Gasteiger partial charge in [0.1, 0.15) is 5.60 Å². The molecule has 5 heteroatoms.